The number of hydrogen-bond donors (Lipinski definition) is 1. The van der Waals surface area contributed by atoms with Gasteiger partial charge in [-0.25, -0.2) is 0 Å². The molecule has 110 valence electrons. The van der Waals surface area contributed by atoms with Crippen molar-refractivity contribution >= 4 is 27.5 Å². The van der Waals surface area contributed by atoms with Gasteiger partial charge in [-0.1, -0.05) is 39.7 Å². The van der Waals surface area contributed by atoms with Gasteiger partial charge in [0, 0.05) is 21.5 Å². The highest BCUT2D eigenvalue weighted by Gasteiger charge is 2.23. The SMILES string of the molecule is CNC(c1ccc(Br)c(C)c1)c1cc(Cl)cc2c1OCC2. The Kier molecular flexibility index (Phi) is 4.25. The molecule has 0 aromatic heterocycles. The second-order valence-electron chi connectivity index (χ2n) is 5.31. The van der Waals surface area contributed by atoms with E-state index in [0.717, 1.165) is 33.8 Å². The lowest BCUT2D eigenvalue weighted by Crippen LogP contribution is -2.18. The third kappa shape index (κ3) is 2.83. The number of rotatable bonds is 3. The quantitative estimate of drug-likeness (QED) is 0.853. The summed E-state index contributed by atoms with van der Waals surface area (Å²) in [4.78, 5) is 0. The lowest BCUT2D eigenvalue weighted by molar-refractivity contribution is 0.351. The van der Waals surface area contributed by atoms with Crippen molar-refractivity contribution in [3.05, 3.63) is 62.1 Å². The molecule has 1 atom stereocenters. The van der Waals surface area contributed by atoms with Gasteiger partial charge in [0.25, 0.3) is 0 Å². The highest BCUT2D eigenvalue weighted by molar-refractivity contribution is 9.10. The van der Waals surface area contributed by atoms with Crippen LogP contribution in [0.25, 0.3) is 0 Å². The Morgan fingerprint density at radius 3 is 2.81 bits per heavy atom. The number of benzene rings is 2. The van der Waals surface area contributed by atoms with Crippen molar-refractivity contribution in [3.8, 4) is 5.75 Å². The average molecular weight is 367 g/mol. The van der Waals surface area contributed by atoms with E-state index in [1.54, 1.807) is 0 Å². The maximum atomic E-state index is 6.28. The van der Waals surface area contributed by atoms with Gasteiger partial charge in [-0.3, -0.25) is 0 Å². The summed E-state index contributed by atoms with van der Waals surface area (Å²) >= 11 is 9.83. The van der Waals surface area contributed by atoms with Crippen LogP contribution in [-0.2, 0) is 6.42 Å². The molecule has 0 aliphatic carbocycles. The van der Waals surface area contributed by atoms with Gasteiger partial charge in [0.05, 0.1) is 12.6 Å². The maximum absolute atomic E-state index is 6.28. The van der Waals surface area contributed by atoms with E-state index in [9.17, 15) is 0 Å². The van der Waals surface area contributed by atoms with Crippen molar-refractivity contribution < 1.29 is 4.74 Å². The van der Waals surface area contributed by atoms with Crippen LogP contribution in [0.2, 0.25) is 5.02 Å². The summed E-state index contributed by atoms with van der Waals surface area (Å²) in [5.41, 5.74) is 4.73. The molecule has 0 saturated heterocycles. The monoisotopic (exact) mass is 365 g/mol. The number of halogens is 2. The van der Waals surface area contributed by atoms with E-state index in [1.807, 2.05) is 19.2 Å². The first-order valence-corrected chi connectivity index (χ1v) is 8.15. The van der Waals surface area contributed by atoms with Gasteiger partial charge in [0.1, 0.15) is 5.75 Å². The molecule has 0 fully saturated rings. The second-order valence-corrected chi connectivity index (χ2v) is 6.60. The Morgan fingerprint density at radius 1 is 1.29 bits per heavy atom. The summed E-state index contributed by atoms with van der Waals surface area (Å²) in [6.45, 7) is 2.83. The van der Waals surface area contributed by atoms with Crippen LogP contribution < -0.4 is 10.1 Å². The van der Waals surface area contributed by atoms with E-state index < -0.39 is 0 Å². The third-order valence-corrected chi connectivity index (χ3v) is 5.00. The molecule has 0 radical (unpaired) electrons. The Labute approximate surface area is 138 Å². The number of fused-ring (bicyclic) bond motifs is 1. The Balaban J connectivity index is 2.10. The normalized spacial score (nSPS) is 14.7. The van der Waals surface area contributed by atoms with E-state index in [4.69, 9.17) is 16.3 Å². The fourth-order valence-electron chi connectivity index (χ4n) is 2.86. The lowest BCUT2D eigenvalue weighted by Gasteiger charge is -2.21. The molecule has 1 aliphatic heterocycles. The standard InChI is InChI=1S/C17H17BrClNO/c1-10-7-11(3-4-15(10)18)16(20-2)14-9-13(19)8-12-5-6-21-17(12)14/h3-4,7-9,16,20H,5-6H2,1-2H3. The summed E-state index contributed by atoms with van der Waals surface area (Å²) in [6, 6.07) is 10.5. The Morgan fingerprint density at radius 2 is 2.10 bits per heavy atom. The van der Waals surface area contributed by atoms with Gasteiger partial charge in [0.2, 0.25) is 0 Å². The van der Waals surface area contributed by atoms with Gasteiger partial charge in [0.15, 0.2) is 0 Å². The summed E-state index contributed by atoms with van der Waals surface area (Å²) in [6.07, 6.45) is 0.929. The first-order chi connectivity index (χ1) is 10.1. The van der Waals surface area contributed by atoms with Gasteiger partial charge >= 0.3 is 0 Å². The topological polar surface area (TPSA) is 21.3 Å². The van der Waals surface area contributed by atoms with Crippen molar-refractivity contribution in [2.24, 2.45) is 0 Å². The van der Waals surface area contributed by atoms with Gasteiger partial charge in [-0.05, 0) is 48.9 Å². The van der Waals surface area contributed by atoms with Crippen molar-refractivity contribution in [2.45, 2.75) is 19.4 Å². The molecular weight excluding hydrogens is 350 g/mol. The molecule has 1 heterocycles. The maximum Gasteiger partial charge on any atom is 0.127 e. The number of aryl methyl sites for hydroxylation is 1. The molecule has 1 aliphatic rings. The van der Waals surface area contributed by atoms with Crippen LogP contribution in [0, 0.1) is 6.92 Å². The smallest absolute Gasteiger partial charge is 0.127 e. The van der Waals surface area contributed by atoms with Crippen molar-refractivity contribution in [1.29, 1.82) is 0 Å². The van der Waals surface area contributed by atoms with E-state index >= 15 is 0 Å². The van der Waals surface area contributed by atoms with Crippen LogP contribution in [0.1, 0.15) is 28.3 Å². The zero-order valence-corrected chi connectivity index (χ0v) is 14.4. The third-order valence-electron chi connectivity index (χ3n) is 3.89. The molecule has 3 rings (SSSR count). The molecule has 1 N–H and O–H groups in total. The molecule has 0 bridgehead atoms. The zero-order valence-electron chi connectivity index (χ0n) is 12.0. The summed E-state index contributed by atoms with van der Waals surface area (Å²) in [5.74, 6) is 0.985. The predicted octanol–water partition coefficient (Wildman–Crippen LogP) is 4.65. The number of nitrogens with one attached hydrogen (secondary N) is 1. The predicted molar refractivity (Wildman–Crippen MR) is 90.4 cm³/mol. The summed E-state index contributed by atoms with van der Waals surface area (Å²) < 4.78 is 6.95. The molecule has 2 nitrogen and oxygen atoms in total. The largest absolute Gasteiger partial charge is 0.493 e. The van der Waals surface area contributed by atoms with E-state index in [0.29, 0.717) is 0 Å². The molecule has 0 amide bonds. The zero-order chi connectivity index (χ0) is 15.0. The number of hydrogen-bond acceptors (Lipinski definition) is 2. The summed E-state index contributed by atoms with van der Waals surface area (Å²) in [5, 5.41) is 4.15. The minimum absolute atomic E-state index is 0.0716. The summed E-state index contributed by atoms with van der Waals surface area (Å²) in [7, 11) is 1.96. The molecule has 2 aromatic carbocycles. The average Bonchev–Trinajstić information content (AvgIpc) is 2.91. The first-order valence-electron chi connectivity index (χ1n) is 6.98. The Hall–Kier alpha value is -1.03. The van der Waals surface area contributed by atoms with Crippen molar-refractivity contribution in [2.75, 3.05) is 13.7 Å². The van der Waals surface area contributed by atoms with Crippen LogP contribution in [0.15, 0.2) is 34.8 Å². The van der Waals surface area contributed by atoms with E-state index in [-0.39, 0.29) is 6.04 Å². The van der Waals surface area contributed by atoms with Crippen LogP contribution in [0.5, 0.6) is 5.75 Å². The molecule has 1 unspecified atom stereocenters. The minimum atomic E-state index is 0.0716. The fourth-order valence-corrected chi connectivity index (χ4v) is 3.36. The minimum Gasteiger partial charge on any atom is -0.493 e. The van der Waals surface area contributed by atoms with E-state index in [2.05, 4.69) is 46.4 Å². The molecular formula is C17H17BrClNO. The van der Waals surface area contributed by atoms with Crippen molar-refractivity contribution in [3.63, 3.8) is 0 Å². The van der Waals surface area contributed by atoms with Crippen LogP contribution in [0.3, 0.4) is 0 Å². The van der Waals surface area contributed by atoms with Gasteiger partial charge in [-0.2, -0.15) is 0 Å². The highest BCUT2D eigenvalue weighted by Crippen LogP contribution is 2.39. The van der Waals surface area contributed by atoms with Crippen molar-refractivity contribution in [1.82, 2.24) is 5.32 Å². The fraction of sp³-hybridized carbons (Fsp3) is 0.294. The van der Waals surface area contributed by atoms with Crippen LogP contribution >= 0.6 is 27.5 Å². The molecule has 2 aromatic rings. The lowest BCUT2D eigenvalue weighted by atomic mass is 9.95. The van der Waals surface area contributed by atoms with Gasteiger partial charge in [-0.15, -0.1) is 0 Å². The van der Waals surface area contributed by atoms with Crippen LogP contribution in [0.4, 0.5) is 0 Å². The molecule has 0 spiro atoms. The molecule has 21 heavy (non-hydrogen) atoms. The second kappa shape index (κ2) is 5.99. The number of ether oxygens (including phenoxy) is 1. The van der Waals surface area contributed by atoms with E-state index in [1.165, 1.54) is 16.7 Å². The molecule has 0 saturated carbocycles. The molecule has 4 heteroatoms. The highest BCUT2D eigenvalue weighted by atomic mass is 79.9. The Bertz CT molecular complexity index is 687. The van der Waals surface area contributed by atoms with Crippen LogP contribution in [-0.4, -0.2) is 13.7 Å². The van der Waals surface area contributed by atoms with Gasteiger partial charge < -0.3 is 10.1 Å². The first kappa shape index (κ1) is 14.9.